The molecule has 0 saturated carbocycles. The molecule has 2 aromatic rings. The third kappa shape index (κ3) is 3.94. The number of nitrogens with zero attached hydrogens (tertiary/aromatic N) is 2. The Labute approximate surface area is 149 Å². The van der Waals surface area contributed by atoms with Gasteiger partial charge in [-0.05, 0) is 36.2 Å². The molecule has 0 aromatic heterocycles. The van der Waals surface area contributed by atoms with Gasteiger partial charge in [0.25, 0.3) is 0 Å². The number of hydrogen-bond donors (Lipinski definition) is 0. The zero-order valence-corrected chi connectivity index (χ0v) is 15.7. The van der Waals surface area contributed by atoms with Crippen LogP contribution in [0.4, 0.5) is 0 Å². The lowest BCUT2D eigenvalue weighted by Crippen LogP contribution is -2.31. The minimum atomic E-state index is 0.341. The monoisotopic (exact) mass is 350 g/mol. The van der Waals surface area contributed by atoms with Crippen LogP contribution in [0.3, 0.4) is 0 Å². The molecule has 2 nitrogen and oxygen atoms in total. The van der Waals surface area contributed by atoms with Crippen LogP contribution in [0.1, 0.15) is 33.3 Å². The van der Waals surface area contributed by atoms with Gasteiger partial charge in [0.2, 0.25) is 0 Å². The summed E-state index contributed by atoms with van der Waals surface area (Å²) in [5.74, 6) is 0. The van der Waals surface area contributed by atoms with E-state index in [-0.39, 0.29) is 0 Å². The molecule has 2 aromatic carbocycles. The number of rotatable bonds is 3. The van der Waals surface area contributed by atoms with E-state index in [9.17, 15) is 0 Å². The summed E-state index contributed by atoms with van der Waals surface area (Å²) in [5, 5.41) is 3.79. The van der Waals surface area contributed by atoms with Crippen LogP contribution in [0.2, 0.25) is 0 Å². The van der Waals surface area contributed by atoms with Crippen LogP contribution in [0.25, 0.3) is 10.8 Å². The third-order valence-corrected chi connectivity index (χ3v) is 4.74. The van der Waals surface area contributed by atoms with Crippen molar-refractivity contribution in [3.05, 3.63) is 58.3 Å². The van der Waals surface area contributed by atoms with E-state index in [0.29, 0.717) is 16.4 Å². The summed E-state index contributed by atoms with van der Waals surface area (Å²) in [7, 11) is 0. The van der Waals surface area contributed by atoms with Crippen molar-refractivity contribution in [1.82, 2.24) is 9.80 Å². The second kappa shape index (κ2) is 7.94. The number of fused-ring (bicyclic) bond motifs is 1. The van der Waals surface area contributed by atoms with Crippen LogP contribution in [-0.2, 0) is 6.54 Å². The topological polar surface area (TPSA) is 6.48 Å². The van der Waals surface area contributed by atoms with Gasteiger partial charge in [-0.1, -0.05) is 73.4 Å². The second-order valence-corrected chi connectivity index (χ2v) is 6.38. The molecule has 0 fully saturated rings. The third-order valence-electron chi connectivity index (χ3n) is 3.83. The highest BCUT2D eigenvalue weighted by Crippen LogP contribution is 2.32. The Bertz CT molecular complexity index is 695. The van der Waals surface area contributed by atoms with Gasteiger partial charge in [0.1, 0.15) is 10.3 Å². The molecule has 0 radical (unpaired) electrons. The maximum absolute atomic E-state index is 6.37. The molecule has 23 heavy (non-hydrogen) atoms. The van der Waals surface area contributed by atoms with Crippen molar-refractivity contribution in [2.45, 2.75) is 40.3 Å². The van der Waals surface area contributed by atoms with Gasteiger partial charge in [-0.25, -0.2) is 0 Å². The summed E-state index contributed by atoms with van der Waals surface area (Å²) < 4.78 is 0. The van der Waals surface area contributed by atoms with Gasteiger partial charge in [-0.15, -0.1) is 0 Å². The van der Waals surface area contributed by atoms with E-state index in [1.807, 2.05) is 13.8 Å². The predicted molar refractivity (Wildman–Crippen MR) is 101 cm³/mol. The maximum Gasteiger partial charge on any atom is 0.142 e. The van der Waals surface area contributed by atoms with Crippen molar-refractivity contribution in [2.24, 2.45) is 0 Å². The summed E-state index contributed by atoms with van der Waals surface area (Å²) in [6, 6.07) is 15.2. The molecule has 0 saturated heterocycles. The van der Waals surface area contributed by atoms with E-state index in [1.54, 1.807) is 0 Å². The first kappa shape index (κ1) is 18.0. The Morgan fingerprint density at radius 2 is 1.61 bits per heavy atom. The molecule has 0 spiro atoms. The lowest BCUT2D eigenvalue weighted by atomic mass is 10.1. The first-order valence-electron chi connectivity index (χ1n) is 8.11. The van der Waals surface area contributed by atoms with Crippen LogP contribution in [-0.4, -0.2) is 22.5 Å². The van der Waals surface area contributed by atoms with E-state index in [2.05, 4.69) is 66.1 Å². The summed E-state index contributed by atoms with van der Waals surface area (Å²) in [6.45, 7) is 9.74. The van der Waals surface area contributed by atoms with Gasteiger partial charge in [-0.2, -0.15) is 0 Å². The molecule has 0 aliphatic carbocycles. The van der Waals surface area contributed by atoms with Gasteiger partial charge in [0.15, 0.2) is 0 Å². The fourth-order valence-corrected chi connectivity index (χ4v) is 3.21. The first-order chi connectivity index (χ1) is 11.1. The van der Waals surface area contributed by atoms with Gasteiger partial charge >= 0.3 is 0 Å². The summed E-state index contributed by atoms with van der Waals surface area (Å²) >= 11 is 12.7. The van der Waals surface area contributed by atoms with Crippen LogP contribution in [0, 0.1) is 0 Å². The normalized spacial score (nSPS) is 14.6. The molecule has 3 rings (SSSR count). The van der Waals surface area contributed by atoms with Gasteiger partial charge in [-0.3, -0.25) is 0 Å². The van der Waals surface area contributed by atoms with E-state index in [0.717, 1.165) is 13.2 Å². The first-order valence-corrected chi connectivity index (χ1v) is 8.86. The van der Waals surface area contributed by atoms with E-state index < -0.39 is 0 Å². The molecule has 124 valence electrons. The van der Waals surface area contributed by atoms with Crippen LogP contribution >= 0.6 is 23.2 Å². The minimum absolute atomic E-state index is 0.341. The van der Waals surface area contributed by atoms with Gasteiger partial charge in [0, 0.05) is 12.6 Å². The average Bonchev–Trinajstić information content (AvgIpc) is 2.85. The predicted octanol–water partition coefficient (Wildman–Crippen LogP) is 5.95. The molecule has 0 amide bonds. The highest BCUT2D eigenvalue weighted by atomic mass is 35.5. The van der Waals surface area contributed by atoms with Crippen molar-refractivity contribution in [2.75, 3.05) is 6.67 Å². The van der Waals surface area contributed by atoms with Crippen molar-refractivity contribution in [3.63, 3.8) is 0 Å². The summed E-state index contributed by atoms with van der Waals surface area (Å²) in [4.78, 5) is 4.21. The highest BCUT2D eigenvalue weighted by Gasteiger charge is 2.28. The number of halogens is 2. The smallest absolute Gasteiger partial charge is 0.142 e. The molecule has 0 atom stereocenters. The maximum atomic E-state index is 6.37. The highest BCUT2D eigenvalue weighted by molar-refractivity contribution is 6.38. The zero-order chi connectivity index (χ0) is 17.0. The minimum Gasteiger partial charge on any atom is -0.340 e. The largest absolute Gasteiger partial charge is 0.340 e. The number of benzene rings is 2. The molecular weight excluding hydrogens is 327 g/mol. The molecule has 1 aliphatic heterocycles. The fraction of sp³-hybridized carbons (Fsp3) is 0.368. The van der Waals surface area contributed by atoms with Crippen molar-refractivity contribution in [1.29, 1.82) is 0 Å². The molecule has 0 unspecified atom stereocenters. The van der Waals surface area contributed by atoms with Crippen LogP contribution < -0.4 is 0 Å². The Hall–Kier alpha value is -1.38. The summed E-state index contributed by atoms with van der Waals surface area (Å²) in [6.07, 6.45) is 0. The molecule has 4 heteroatoms. The van der Waals surface area contributed by atoms with Gasteiger partial charge < -0.3 is 9.80 Å². The lowest BCUT2D eigenvalue weighted by Gasteiger charge is -2.25. The van der Waals surface area contributed by atoms with Crippen molar-refractivity contribution < 1.29 is 0 Å². The SMILES string of the molecule is CC.CC(C)N1CN(Cc2ccc3ccccc3c2)C(Cl)=C1Cl. The van der Waals surface area contributed by atoms with Crippen LogP contribution in [0.15, 0.2) is 52.8 Å². The van der Waals surface area contributed by atoms with Gasteiger partial charge in [0.05, 0.1) is 6.67 Å². The van der Waals surface area contributed by atoms with E-state index in [4.69, 9.17) is 23.2 Å². The quantitative estimate of drug-likeness (QED) is 0.630. The Morgan fingerprint density at radius 1 is 0.957 bits per heavy atom. The molecular formula is C19H24Cl2N2. The Morgan fingerprint density at radius 3 is 2.22 bits per heavy atom. The standard InChI is InChI=1S/C17H18Cl2N2.C2H6/c1-12(2)21-11-20(16(18)17(21)19)10-13-7-8-14-5-3-4-6-15(14)9-13;1-2/h3-9,12H,10-11H2,1-2H3;1-2H3. The lowest BCUT2D eigenvalue weighted by molar-refractivity contribution is 0.220. The van der Waals surface area contributed by atoms with Crippen molar-refractivity contribution >= 4 is 34.0 Å². The Balaban J connectivity index is 0.000000924. The fourth-order valence-electron chi connectivity index (χ4n) is 2.62. The average molecular weight is 351 g/mol. The second-order valence-electron chi connectivity index (χ2n) is 5.67. The Kier molecular flexibility index (Phi) is 6.20. The molecule has 1 aliphatic rings. The molecule has 0 bridgehead atoms. The molecule has 0 N–H and O–H groups in total. The van der Waals surface area contributed by atoms with Crippen LogP contribution in [0.5, 0.6) is 0 Å². The van der Waals surface area contributed by atoms with E-state index >= 15 is 0 Å². The van der Waals surface area contributed by atoms with Crippen molar-refractivity contribution in [3.8, 4) is 0 Å². The molecule has 1 heterocycles. The summed E-state index contributed by atoms with van der Waals surface area (Å²) in [5.41, 5.74) is 1.24. The van der Waals surface area contributed by atoms with E-state index in [1.165, 1.54) is 16.3 Å². The zero-order valence-electron chi connectivity index (χ0n) is 14.2. The number of hydrogen-bond acceptors (Lipinski definition) is 2.